The van der Waals surface area contributed by atoms with E-state index in [2.05, 4.69) is 4.98 Å². The number of halogens is 4. The normalized spacial score (nSPS) is 19.2. The fraction of sp³-hybridized carbons (Fsp3) is 0.429. The van der Waals surface area contributed by atoms with E-state index in [1.54, 1.807) is 0 Å². The van der Waals surface area contributed by atoms with Gasteiger partial charge in [-0.2, -0.15) is 0 Å². The molecule has 1 aliphatic carbocycles. The summed E-state index contributed by atoms with van der Waals surface area (Å²) in [6.45, 7) is 0.0855. The molecular formula is C14H12ClF3N2O3. The fourth-order valence-corrected chi connectivity index (χ4v) is 2.56. The van der Waals surface area contributed by atoms with E-state index in [0.717, 1.165) is 6.07 Å². The highest BCUT2D eigenvalue weighted by Crippen LogP contribution is 2.44. The molecule has 0 aliphatic heterocycles. The van der Waals surface area contributed by atoms with Crippen LogP contribution in [-0.2, 0) is 17.2 Å². The molecule has 1 atom stereocenters. The van der Waals surface area contributed by atoms with E-state index in [-0.39, 0.29) is 42.0 Å². The number of ether oxygens (including phenoxy) is 1. The number of hydrogen-bond donors (Lipinski definition) is 1. The zero-order valence-corrected chi connectivity index (χ0v) is 12.5. The van der Waals surface area contributed by atoms with Gasteiger partial charge in [-0.1, -0.05) is 0 Å². The lowest BCUT2D eigenvalue weighted by molar-refractivity contribution is 0.0108. The first kappa shape index (κ1) is 16.1. The maximum atomic E-state index is 14.0. The van der Waals surface area contributed by atoms with Crippen LogP contribution in [-0.4, -0.2) is 39.3 Å². The van der Waals surface area contributed by atoms with Crippen LogP contribution in [0.25, 0.3) is 11.0 Å². The topological polar surface area (TPSA) is 64.3 Å². The highest BCUT2D eigenvalue weighted by Gasteiger charge is 2.58. The fourth-order valence-electron chi connectivity index (χ4n) is 2.36. The van der Waals surface area contributed by atoms with E-state index in [4.69, 9.17) is 21.4 Å². The molecule has 9 heteroatoms. The molecule has 1 aromatic carbocycles. The van der Waals surface area contributed by atoms with Crippen molar-refractivity contribution in [2.24, 2.45) is 0 Å². The summed E-state index contributed by atoms with van der Waals surface area (Å²) in [5, 5.41) is 9.01. The average molecular weight is 349 g/mol. The minimum atomic E-state index is -2.78. The molecule has 0 spiro atoms. The molecule has 1 aromatic heterocycles. The number of alkyl halides is 3. The van der Waals surface area contributed by atoms with Crippen LogP contribution in [0.2, 0.25) is 0 Å². The predicted octanol–water partition coefficient (Wildman–Crippen LogP) is 3.04. The summed E-state index contributed by atoms with van der Waals surface area (Å²) in [5.74, 6) is -4.56. The molecule has 0 bridgehead atoms. The lowest BCUT2D eigenvalue weighted by Gasteiger charge is -2.09. The van der Waals surface area contributed by atoms with Crippen LogP contribution in [0, 0.1) is 5.82 Å². The van der Waals surface area contributed by atoms with Gasteiger partial charge in [-0.05, 0) is 12.1 Å². The molecule has 1 heterocycles. The van der Waals surface area contributed by atoms with Crippen LogP contribution >= 0.6 is 11.6 Å². The smallest absolute Gasteiger partial charge is 0.335 e. The SMILES string of the molecule is O=C(O)c1cc(F)c2nc(CCl)n(CCOC3CC3(F)F)c2c1. The summed E-state index contributed by atoms with van der Waals surface area (Å²) in [6, 6.07) is 2.15. The molecule has 1 N–H and O–H groups in total. The molecule has 3 rings (SSSR count). The van der Waals surface area contributed by atoms with E-state index in [0.29, 0.717) is 5.82 Å². The number of fused-ring (bicyclic) bond motifs is 1. The van der Waals surface area contributed by atoms with Crippen LogP contribution in [0.1, 0.15) is 22.6 Å². The molecule has 0 saturated heterocycles. The number of aromatic carboxylic acids is 1. The number of nitrogens with zero attached hydrogens (tertiary/aromatic N) is 2. The van der Waals surface area contributed by atoms with Gasteiger partial charge in [0.05, 0.1) is 23.6 Å². The molecular weight excluding hydrogens is 337 g/mol. The number of carboxylic acids is 1. The van der Waals surface area contributed by atoms with Crippen LogP contribution in [0.3, 0.4) is 0 Å². The minimum absolute atomic E-state index is 0.0117. The average Bonchev–Trinajstić information content (AvgIpc) is 2.93. The number of carboxylic acid groups (broad SMARTS) is 1. The Labute approximate surface area is 133 Å². The Hall–Kier alpha value is -1.80. The molecule has 0 amide bonds. The van der Waals surface area contributed by atoms with Crippen molar-refractivity contribution in [1.29, 1.82) is 0 Å². The van der Waals surface area contributed by atoms with Crippen LogP contribution in [0.15, 0.2) is 12.1 Å². The Morgan fingerprint density at radius 1 is 1.52 bits per heavy atom. The van der Waals surface area contributed by atoms with Gasteiger partial charge in [-0.3, -0.25) is 0 Å². The number of aromatic nitrogens is 2. The van der Waals surface area contributed by atoms with Gasteiger partial charge in [0, 0.05) is 13.0 Å². The highest BCUT2D eigenvalue weighted by molar-refractivity contribution is 6.16. The summed E-state index contributed by atoms with van der Waals surface area (Å²) in [5.41, 5.74) is -0.00136. The lowest BCUT2D eigenvalue weighted by Crippen LogP contribution is -2.12. The Balaban J connectivity index is 1.89. The third kappa shape index (κ3) is 3.00. The number of hydrogen-bond acceptors (Lipinski definition) is 3. The quantitative estimate of drug-likeness (QED) is 0.815. The monoisotopic (exact) mass is 348 g/mol. The van der Waals surface area contributed by atoms with Crippen molar-refractivity contribution in [3.63, 3.8) is 0 Å². The van der Waals surface area contributed by atoms with Crippen molar-refractivity contribution in [2.75, 3.05) is 6.61 Å². The van der Waals surface area contributed by atoms with Crippen molar-refractivity contribution in [3.05, 3.63) is 29.3 Å². The highest BCUT2D eigenvalue weighted by atomic mass is 35.5. The molecule has 124 valence electrons. The summed E-state index contributed by atoms with van der Waals surface area (Å²) in [6.07, 6.45) is -1.40. The zero-order chi connectivity index (χ0) is 16.8. The summed E-state index contributed by atoms with van der Waals surface area (Å²) >= 11 is 5.77. The van der Waals surface area contributed by atoms with Crippen LogP contribution in [0.4, 0.5) is 13.2 Å². The van der Waals surface area contributed by atoms with Gasteiger partial charge in [0.2, 0.25) is 0 Å². The Bertz CT molecular complexity index is 778. The molecule has 0 radical (unpaired) electrons. The first-order valence-corrected chi connectivity index (χ1v) is 7.34. The number of rotatable bonds is 6. The molecule has 2 aromatic rings. The molecule has 1 unspecified atom stereocenters. The van der Waals surface area contributed by atoms with Gasteiger partial charge in [0.15, 0.2) is 5.82 Å². The van der Waals surface area contributed by atoms with E-state index < -0.39 is 23.8 Å². The number of carbonyl (C=O) groups is 1. The molecule has 5 nitrogen and oxygen atoms in total. The largest absolute Gasteiger partial charge is 0.478 e. The second-order valence-electron chi connectivity index (χ2n) is 5.27. The van der Waals surface area contributed by atoms with E-state index in [1.807, 2.05) is 0 Å². The lowest BCUT2D eigenvalue weighted by atomic mass is 10.2. The van der Waals surface area contributed by atoms with Crippen molar-refractivity contribution < 1.29 is 27.8 Å². The second-order valence-corrected chi connectivity index (χ2v) is 5.54. The maximum Gasteiger partial charge on any atom is 0.335 e. The first-order chi connectivity index (χ1) is 10.8. The van der Waals surface area contributed by atoms with Crippen molar-refractivity contribution in [3.8, 4) is 0 Å². The Morgan fingerprint density at radius 2 is 2.22 bits per heavy atom. The minimum Gasteiger partial charge on any atom is -0.478 e. The van der Waals surface area contributed by atoms with E-state index in [1.165, 1.54) is 10.6 Å². The van der Waals surface area contributed by atoms with Crippen molar-refractivity contribution in [2.45, 2.75) is 30.9 Å². The summed E-state index contributed by atoms with van der Waals surface area (Å²) < 4.78 is 46.1. The predicted molar refractivity (Wildman–Crippen MR) is 75.5 cm³/mol. The van der Waals surface area contributed by atoms with Gasteiger partial charge in [-0.25, -0.2) is 22.9 Å². The maximum absolute atomic E-state index is 14.0. The molecule has 23 heavy (non-hydrogen) atoms. The molecule has 1 saturated carbocycles. The number of imidazole rings is 1. The van der Waals surface area contributed by atoms with Gasteiger partial charge in [0.25, 0.3) is 5.92 Å². The third-order valence-corrected chi connectivity index (χ3v) is 3.89. The van der Waals surface area contributed by atoms with Crippen LogP contribution < -0.4 is 0 Å². The van der Waals surface area contributed by atoms with Gasteiger partial charge in [0.1, 0.15) is 17.4 Å². The van der Waals surface area contributed by atoms with Crippen molar-refractivity contribution >= 4 is 28.6 Å². The van der Waals surface area contributed by atoms with Gasteiger partial charge < -0.3 is 14.4 Å². The van der Waals surface area contributed by atoms with E-state index >= 15 is 0 Å². The van der Waals surface area contributed by atoms with Gasteiger partial charge >= 0.3 is 5.97 Å². The van der Waals surface area contributed by atoms with Crippen molar-refractivity contribution in [1.82, 2.24) is 9.55 Å². The second kappa shape index (κ2) is 5.68. The molecule has 1 aliphatic rings. The Kier molecular flexibility index (Phi) is 3.97. The zero-order valence-electron chi connectivity index (χ0n) is 11.7. The van der Waals surface area contributed by atoms with E-state index in [9.17, 15) is 18.0 Å². The molecule has 1 fully saturated rings. The number of benzene rings is 1. The summed E-state index contributed by atoms with van der Waals surface area (Å²) in [7, 11) is 0. The van der Waals surface area contributed by atoms with Crippen LogP contribution in [0.5, 0.6) is 0 Å². The Morgan fingerprint density at radius 3 is 2.78 bits per heavy atom. The standard InChI is InChI=1S/C14H12ClF3N2O3/c15-6-11-19-12-8(16)3-7(13(21)22)4-9(12)20(11)1-2-23-10-5-14(10,17)18/h3-4,10H,1-2,5-6H2,(H,21,22). The first-order valence-electron chi connectivity index (χ1n) is 6.81. The van der Waals surface area contributed by atoms with Gasteiger partial charge in [-0.15, -0.1) is 11.6 Å². The summed E-state index contributed by atoms with van der Waals surface area (Å²) in [4.78, 5) is 15.1. The third-order valence-electron chi connectivity index (χ3n) is 3.66.